The number of nitrogens with one attached hydrogen (secondary N) is 1. The maximum Gasteiger partial charge on any atom is 0.416 e. The molecule has 0 unspecified atom stereocenters. The Morgan fingerprint density at radius 1 is 1.33 bits per heavy atom. The van der Waals surface area contributed by atoms with Gasteiger partial charge in [-0.1, -0.05) is 6.92 Å². The van der Waals surface area contributed by atoms with Gasteiger partial charge in [0, 0.05) is 6.54 Å². The van der Waals surface area contributed by atoms with E-state index in [-0.39, 0.29) is 22.9 Å². The number of halogens is 3. The van der Waals surface area contributed by atoms with Gasteiger partial charge in [0.15, 0.2) is 0 Å². The summed E-state index contributed by atoms with van der Waals surface area (Å²) in [6.07, 6.45) is -4.15. The van der Waals surface area contributed by atoms with Crippen LogP contribution in [0.5, 0.6) is 0 Å². The van der Waals surface area contributed by atoms with Gasteiger partial charge in [-0.3, -0.25) is 0 Å². The third kappa shape index (κ3) is 2.51. The van der Waals surface area contributed by atoms with Crippen LogP contribution in [0.4, 0.5) is 13.2 Å². The van der Waals surface area contributed by atoms with Gasteiger partial charge in [-0.2, -0.15) is 13.2 Å². The van der Waals surface area contributed by atoms with Gasteiger partial charge < -0.3 is 0 Å². The van der Waals surface area contributed by atoms with Crippen molar-refractivity contribution >= 4 is 10.0 Å². The molecule has 0 amide bonds. The second-order valence-electron chi connectivity index (χ2n) is 4.48. The van der Waals surface area contributed by atoms with Gasteiger partial charge in [0.2, 0.25) is 10.0 Å². The number of rotatable bonds is 0. The minimum atomic E-state index is -4.46. The molecule has 0 bridgehead atoms. The molecule has 0 spiro atoms. The van der Waals surface area contributed by atoms with E-state index in [1.54, 1.807) is 6.92 Å². The highest BCUT2D eigenvalue weighted by Gasteiger charge is 2.33. The van der Waals surface area contributed by atoms with E-state index >= 15 is 0 Å². The van der Waals surface area contributed by atoms with Crippen LogP contribution in [0, 0.1) is 5.92 Å². The molecule has 1 aromatic rings. The molecule has 1 aromatic carbocycles. The fourth-order valence-corrected chi connectivity index (χ4v) is 3.35. The van der Waals surface area contributed by atoms with E-state index in [9.17, 15) is 21.6 Å². The summed E-state index contributed by atoms with van der Waals surface area (Å²) in [4.78, 5) is -0.0557. The zero-order chi connectivity index (χ0) is 13.6. The molecule has 0 aromatic heterocycles. The second kappa shape index (κ2) is 4.24. The third-order valence-corrected chi connectivity index (χ3v) is 4.39. The smallest absolute Gasteiger partial charge is 0.211 e. The summed E-state index contributed by atoms with van der Waals surface area (Å²) >= 11 is 0. The van der Waals surface area contributed by atoms with E-state index in [1.807, 2.05) is 0 Å². The van der Waals surface area contributed by atoms with Crippen LogP contribution < -0.4 is 4.72 Å². The lowest BCUT2D eigenvalue weighted by Crippen LogP contribution is -2.26. The van der Waals surface area contributed by atoms with Gasteiger partial charge in [0.05, 0.1) is 10.5 Å². The van der Waals surface area contributed by atoms with Gasteiger partial charge in [-0.15, -0.1) is 0 Å². The van der Waals surface area contributed by atoms with Gasteiger partial charge in [-0.05, 0) is 36.1 Å². The first-order valence-corrected chi connectivity index (χ1v) is 6.88. The van der Waals surface area contributed by atoms with Crippen LogP contribution in [-0.4, -0.2) is 15.0 Å². The van der Waals surface area contributed by atoms with Crippen molar-refractivity contribution in [1.82, 2.24) is 4.72 Å². The Kier molecular flexibility index (Phi) is 3.14. The van der Waals surface area contributed by atoms with E-state index in [0.717, 1.165) is 18.2 Å². The molecule has 1 N–H and O–H groups in total. The zero-order valence-corrected chi connectivity index (χ0v) is 10.4. The van der Waals surface area contributed by atoms with Crippen molar-refractivity contribution in [3.63, 3.8) is 0 Å². The molecular formula is C11H12F3NO2S. The van der Waals surface area contributed by atoms with Crippen LogP contribution in [0.2, 0.25) is 0 Å². The van der Waals surface area contributed by atoms with Crippen LogP contribution in [-0.2, 0) is 22.6 Å². The Hall–Kier alpha value is -1.08. The molecule has 1 atom stereocenters. The lowest BCUT2D eigenvalue weighted by Gasteiger charge is -2.11. The number of sulfonamides is 1. The Morgan fingerprint density at radius 2 is 2.00 bits per heavy atom. The highest BCUT2D eigenvalue weighted by Crippen LogP contribution is 2.33. The van der Waals surface area contributed by atoms with E-state index in [2.05, 4.69) is 4.72 Å². The molecule has 0 saturated carbocycles. The third-order valence-electron chi connectivity index (χ3n) is 2.87. The molecule has 0 radical (unpaired) electrons. The molecule has 1 aliphatic heterocycles. The van der Waals surface area contributed by atoms with E-state index in [1.165, 1.54) is 0 Å². The minimum Gasteiger partial charge on any atom is -0.211 e. The molecule has 18 heavy (non-hydrogen) atoms. The van der Waals surface area contributed by atoms with Crippen molar-refractivity contribution in [3.05, 3.63) is 29.3 Å². The van der Waals surface area contributed by atoms with Crippen LogP contribution in [0.15, 0.2) is 23.1 Å². The molecule has 1 aliphatic rings. The van der Waals surface area contributed by atoms with Crippen LogP contribution in [0.1, 0.15) is 18.1 Å². The number of alkyl halides is 3. The maximum absolute atomic E-state index is 12.6. The van der Waals surface area contributed by atoms with Crippen LogP contribution >= 0.6 is 0 Å². The normalized spacial score (nSPS) is 23.2. The largest absolute Gasteiger partial charge is 0.416 e. The fraction of sp³-hybridized carbons (Fsp3) is 0.455. The van der Waals surface area contributed by atoms with Crippen molar-refractivity contribution in [2.75, 3.05) is 6.54 Å². The Labute approximate surface area is 103 Å². The number of fused-ring (bicyclic) bond motifs is 1. The molecule has 0 fully saturated rings. The summed E-state index contributed by atoms with van der Waals surface area (Å²) in [5, 5.41) is 0. The van der Waals surface area contributed by atoms with Gasteiger partial charge in [-0.25, -0.2) is 13.1 Å². The average Bonchev–Trinajstić information content (AvgIpc) is 2.35. The first kappa shape index (κ1) is 13.4. The Morgan fingerprint density at radius 3 is 2.61 bits per heavy atom. The molecule has 3 nitrogen and oxygen atoms in total. The fourth-order valence-electron chi connectivity index (χ4n) is 1.95. The first-order chi connectivity index (χ1) is 8.20. The van der Waals surface area contributed by atoms with Crippen molar-refractivity contribution in [3.8, 4) is 0 Å². The van der Waals surface area contributed by atoms with Gasteiger partial charge in [0.25, 0.3) is 0 Å². The molecule has 2 rings (SSSR count). The standard InChI is InChI=1S/C11H12F3NO2S/c1-7-4-8-5-9(11(12,13)14)2-3-10(8)18(16,17)15-6-7/h2-3,5,7,15H,4,6H2,1H3/t7-/m1/s1. The maximum atomic E-state index is 12.6. The van der Waals surface area contributed by atoms with Crippen molar-refractivity contribution < 1.29 is 21.6 Å². The van der Waals surface area contributed by atoms with Crippen molar-refractivity contribution in [2.24, 2.45) is 5.92 Å². The lowest BCUT2D eigenvalue weighted by molar-refractivity contribution is -0.137. The van der Waals surface area contributed by atoms with E-state index in [4.69, 9.17) is 0 Å². The number of hydrogen-bond donors (Lipinski definition) is 1. The molecule has 0 aliphatic carbocycles. The number of hydrogen-bond acceptors (Lipinski definition) is 2. The zero-order valence-electron chi connectivity index (χ0n) is 9.58. The Bertz CT molecular complexity index is 566. The second-order valence-corrected chi connectivity index (χ2v) is 6.22. The first-order valence-electron chi connectivity index (χ1n) is 5.40. The minimum absolute atomic E-state index is 0.0375. The summed E-state index contributed by atoms with van der Waals surface area (Å²) in [6, 6.07) is 2.75. The summed E-state index contributed by atoms with van der Waals surface area (Å²) < 4.78 is 63.7. The predicted octanol–water partition coefficient (Wildman–Crippen LogP) is 2.18. The Balaban J connectivity index is 2.58. The average molecular weight is 279 g/mol. The molecule has 100 valence electrons. The highest BCUT2D eigenvalue weighted by atomic mass is 32.2. The molecule has 7 heteroatoms. The topological polar surface area (TPSA) is 46.2 Å². The molecule has 1 heterocycles. The monoisotopic (exact) mass is 279 g/mol. The highest BCUT2D eigenvalue weighted by molar-refractivity contribution is 7.89. The summed E-state index contributed by atoms with van der Waals surface area (Å²) in [7, 11) is -3.69. The van der Waals surface area contributed by atoms with E-state index in [0.29, 0.717) is 6.42 Å². The quantitative estimate of drug-likeness (QED) is 0.791. The predicted molar refractivity (Wildman–Crippen MR) is 59.5 cm³/mol. The van der Waals surface area contributed by atoms with Gasteiger partial charge in [0.1, 0.15) is 0 Å². The van der Waals surface area contributed by atoms with Gasteiger partial charge >= 0.3 is 6.18 Å². The lowest BCUT2D eigenvalue weighted by atomic mass is 9.99. The van der Waals surface area contributed by atoms with Crippen LogP contribution in [0.3, 0.4) is 0 Å². The summed E-state index contributed by atoms with van der Waals surface area (Å²) in [5.74, 6) is -0.0375. The van der Waals surface area contributed by atoms with Crippen molar-refractivity contribution in [2.45, 2.75) is 24.4 Å². The molecular weight excluding hydrogens is 267 g/mol. The van der Waals surface area contributed by atoms with Crippen molar-refractivity contribution in [1.29, 1.82) is 0 Å². The number of benzene rings is 1. The summed E-state index contributed by atoms with van der Waals surface area (Å²) in [5.41, 5.74) is -0.590. The SMILES string of the molecule is C[C@H]1CNS(=O)(=O)c2ccc(C(F)(F)F)cc2C1. The summed E-state index contributed by atoms with van der Waals surface area (Å²) in [6.45, 7) is 2.02. The van der Waals surface area contributed by atoms with E-state index < -0.39 is 21.8 Å². The van der Waals surface area contributed by atoms with Crippen LogP contribution in [0.25, 0.3) is 0 Å². The molecule has 0 saturated heterocycles.